The molecule has 0 heterocycles. The van der Waals surface area contributed by atoms with Gasteiger partial charge in [0.25, 0.3) is 0 Å². The molecule has 0 spiro atoms. The molecule has 1 atom stereocenters. The van der Waals surface area contributed by atoms with Crippen LogP contribution in [-0.2, 0) is 9.59 Å². The zero-order valence-corrected chi connectivity index (χ0v) is 10.2. The van der Waals surface area contributed by atoms with Gasteiger partial charge >= 0.3 is 11.9 Å². The van der Waals surface area contributed by atoms with Crippen LogP contribution in [0.1, 0.15) is 11.6 Å². The number of para-hydroxylation sites is 1. The lowest BCUT2D eigenvalue weighted by molar-refractivity contribution is -0.137. The minimum Gasteiger partial charge on any atom is -0.508 e. The van der Waals surface area contributed by atoms with Crippen LogP contribution in [0, 0.1) is 0 Å². The average molecular weight is 268 g/mol. The van der Waals surface area contributed by atoms with Crippen molar-refractivity contribution in [1.82, 2.24) is 10.6 Å². The van der Waals surface area contributed by atoms with Gasteiger partial charge in [0, 0.05) is 18.2 Å². The summed E-state index contributed by atoms with van der Waals surface area (Å²) in [5, 5.41) is 32.3. The van der Waals surface area contributed by atoms with Gasteiger partial charge in [-0.2, -0.15) is 0 Å². The minimum absolute atomic E-state index is 0.0301. The second-order valence-corrected chi connectivity index (χ2v) is 3.91. The lowest BCUT2D eigenvalue weighted by Crippen LogP contribution is -2.36. The Balaban J connectivity index is 2.71. The lowest BCUT2D eigenvalue weighted by Gasteiger charge is -2.19. The van der Waals surface area contributed by atoms with E-state index in [1.807, 2.05) is 0 Å². The Hall–Kier alpha value is -2.12. The molecule has 0 saturated carbocycles. The summed E-state index contributed by atoms with van der Waals surface area (Å²) < 4.78 is 0. The number of hydrogen-bond acceptors (Lipinski definition) is 5. The molecule has 1 unspecified atom stereocenters. The van der Waals surface area contributed by atoms with Crippen molar-refractivity contribution in [2.75, 3.05) is 19.6 Å². The maximum absolute atomic E-state index is 10.6. The third-order valence-electron chi connectivity index (χ3n) is 2.44. The van der Waals surface area contributed by atoms with Crippen LogP contribution in [-0.4, -0.2) is 46.9 Å². The molecule has 1 aromatic carbocycles. The molecule has 0 aliphatic carbocycles. The van der Waals surface area contributed by atoms with Crippen LogP contribution in [0.4, 0.5) is 0 Å². The van der Waals surface area contributed by atoms with E-state index in [9.17, 15) is 14.7 Å². The van der Waals surface area contributed by atoms with Crippen molar-refractivity contribution < 1.29 is 24.9 Å². The highest BCUT2D eigenvalue weighted by Crippen LogP contribution is 2.22. The van der Waals surface area contributed by atoms with Crippen molar-refractivity contribution in [1.29, 1.82) is 0 Å². The molecule has 0 aliphatic rings. The van der Waals surface area contributed by atoms with E-state index in [1.165, 1.54) is 6.07 Å². The van der Waals surface area contributed by atoms with Gasteiger partial charge in [0.2, 0.25) is 0 Å². The summed E-state index contributed by atoms with van der Waals surface area (Å²) in [6.07, 6.45) is 0. The Morgan fingerprint density at radius 2 is 1.74 bits per heavy atom. The van der Waals surface area contributed by atoms with E-state index in [4.69, 9.17) is 10.2 Å². The van der Waals surface area contributed by atoms with E-state index >= 15 is 0 Å². The number of carboxylic acid groups (broad SMARTS) is 2. The summed E-state index contributed by atoms with van der Waals surface area (Å²) in [6, 6.07) is 6.01. The summed E-state index contributed by atoms with van der Waals surface area (Å²) >= 11 is 0. The fourth-order valence-electron chi connectivity index (χ4n) is 1.61. The van der Waals surface area contributed by atoms with Crippen LogP contribution in [0.15, 0.2) is 24.3 Å². The number of aliphatic carboxylic acids is 2. The fraction of sp³-hybridized carbons (Fsp3) is 0.333. The molecule has 0 amide bonds. The second kappa shape index (κ2) is 7.34. The van der Waals surface area contributed by atoms with Crippen molar-refractivity contribution in [2.45, 2.75) is 6.04 Å². The van der Waals surface area contributed by atoms with Gasteiger partial charge in [-0.05, 0) is 6.07 Å². The zero-order valence-electron chi connectivity index (χ0n) is 10.2. The molecule has 104 valence electrons. The third kappa shape index (κ3) is 5.36. The average Bonchev–Trinajstić information content (AvgIpc) is 2.34. The van der Waals surface area contributed by atoms with Gasteiger partial charge < -0.3 is 20.6 Å². The number of phenolic OH excluding ortho intramolecular Hbond substituents is 1. The van der Waals surface area contributed by atoms with Crippen molar-refractivity contribution in [3.63, 3.8) is 0 Å². The quantitative estimate of drug-likeness (QED) is 0.442. The van der Waals surface area contributed by atoms with Crippen LogP contribution in [0.25, 0.3) is 0 Å². The van der Waals surface area contributed by atoms with E-state index in [-0.39, 0.29) is 25.4 Å². The largest absolute Gasteiger partial charge is 0.508 e. The van der Waals surface area contributed by atoms with Gasteiger partial charge in [0.05, 0.1) is 13.1 Å². The minimum atomic E-state index is -1.03. The summed E-state index contributed by atoms with van der Waals surface area (Å²) in [7, 11) is 0. The number of nitrogens with one attached hydrogen (secondary N) is 2. The van der Waals surface area contributed by atoms with E-state index in [0.717, 1.165) is 0 Å². The van der Waals surface area contributed by atoms with Crippen LogP contribution in [0.2, 0.25) is 0 Å². The molecule has 0 aliphatic heterocycles. The van der Waals surface area contributed by atoms with Gasteiger partial charge in [-0.15, -0.1) is 0 Å². The monoisotopic (exact) mass is 268 g/mol. The van der Waals surface area contributed by atoms with Gasteiger partial charge in [0.1, 0.15) is 5.75 Å². The van der Waals surface area contributed by atoms with Crippen LogP contribution in [0.5, 0.6) is 5.75 Å². The predicted molar refractivity (Wildman–Crippen MR) is 67.0 cm³/mol. The molecule has 0 radical (unpaired) electrons. The van der Waals surface area contributed by atoms with Gasteiger partial charge in [0.15, 0.2) is 0 Å². The predicted octanol–water partition coefficient (Wildman–Crippen LogP) is -0.218. The second-order valence-electron chi connectivity index (χ2n) is 3.91. The Morgan fingerprint density at radius 1 is 1.11 bits per heavy atom. The molecule has 7 nitrogen and oxygen atoms in total. The van der Waals surface area contributed by atoms with E-state index < -0.39 is 18.0 Å². The smallest absolute Gasteiger partial charge is 0.317 e. The standard InChI is InChI=1S/C12H16N2O5/c15-10-4-2-1-3-8(10)9(14-7-12(18)19)5-13-6-11(16)17/h1-4,9,13-15H,5-7H2,(H,16,17)(H,18,19). The van der Waals surface area contributed by atoms with E-state index in [0.29, 0.717) is 5.56 Å². The zero-order chi connectivity index (χ0) is 14.3. The summed E-state index contributed by atoms with van der Waals surface area (Å²) in [4.78, 5) is 21.0. The normalized spacial score (nSPS) is 12.0. The van der Waals surface area contributed by atoms with Crippen LogP contribution >= 0.6 is 0 Å². The first-order valence-corrected chi connectivity index (χ1v) is 5.66. The molecule has 1 rings (SSSR count). The van der Waals surface area contributed by atoms with Gasteiger partial charge in [-0.3, -0.25) is 14.9 Å². The Morgan fingerprint density at radius 3 is 2.32 bits per heavy atom. The van der Waals surface area contributed by atoms with Crippen molar-refractivity contribution in [3.05, 3.63) is 29.8 Å². The molecule has 0 saturated heterocycles. The van der Waals surface area contributed by atoms with Crippen molar-refractivity contribution in [2.24, 2.45) is 0 Å². The number of rotatable bonds is 8. The third-order valence-corrected chi connectivity index (χ3v) is 2.44. The molecular weight excluding hydrogens is 252 g/mol. The van der Waals surface area contributed by atoms with Gasteiger partial charge in [-0.25, -0.2) is 0 Å². The highest BCUT2D eigenvalue weighted by atomic mass is 16.4. The maximum atomic E-state index is 10.6. The number of carboxylic acids is 2. The SMILES string of the molecule is O=C(O)CNCC(NCC(=O)O)c1ccccc1O. The highest BCUT2D eigenvalue weighted by molar-refractivity contribution is 5.69. The van der Waals surface area contributed by atoms with Crippen molar-refractivity contribution in [3.8, 4) is 5.75 Å². The fourth-order valence-corrected chi connectivity index (χ4v) is 1.61. The molecule has 0 fully saturated rings. The first-order valence-electron chi connectivity index (χ1n) is 5.66. The van der Waals surface area contributed by atoms with Crippen LogP contribution < -0.4 is 10.6 Å². The first-order chi connectivity index (χ1) is 9.00. The Labute approximate surface area is 109 Å². The molecule has 19 heavy (non-hydrogen) atoms. The topological polar surface area (TPSA) is 119 Å². The molecule has 0 aromatic heterocycles. The number of carbonyl (C=O) groups is 2. The Bertz CT molecular complexity index is 450. The Kier molecular flexibility index (Phi) is 5.77. The molecule has 0 bridgehead atoms. The molecule has 5 N–H and O–H groups in total. The molecule has 7 heteroatoms. The van der Waals surface area contributed by atoms with E-state index in [2.05, 4.69) is 10.6 Å². The van der Waals surface area contributed by atoms with Crippen molar-refractivity contribution >= 4 is 11.9 Å². The number of hydrogen-bond donors (Lipinski definition) is 5. The summed E-state index contributed by atoms with van der Waals surface area (Å²) in [5.41, 5.74) is 0.515. The number of benzene rings is 1. The van der Waals surface area contributed by atoms with Crippen LogP contribution in [0.3, 0.4) is 0 Å². The van der Waals surface area contributed by atoms with Gasteiger partial charge in [-0.1, -0.05) is 18.2 Å². The maximum Gasteiger partial charge on any atom is 0.317 e. The van der Waals surface area contributed by atoms with E-state index in [1.54, 1.807) is 18.2 Å². The molecular formula is C12H16N2O5. The highest BCUT2D eigenvalue weighted by Gasteiger charge is 2.15. The molecule has 1 aromatic rings. The summed E-state index contributed by atoms with van der Waals surface area (Å²) in [6.45, 7) is -0.330. The number of aromatic hydroxyl groups is 1. The summed E-state index contributed by atoms with van der Waals surface area (Å²) in [5.74, 6) is -2.00. The lowest BCUT2D eigenvalue weighted by atomic mass is 10.1. The number of phenols is 1. The first kappa shape index (κ1) is 14.9.